The number of hydrogen-bond donors (Lipinski definition) is 3. The molecule has 1 aromatic rings. The molecule has 0 radical (unpaired) electrons. The number of H-pyrrole nitrogens is 1. The number of hydrogen-bond acceptors (Lipinski definition) is 3. The molecule has 19 heavy (non-hydrogen) atoms. The van der Waals surface area contributed by atoms with Crippen LogP contribution < -0.4 is 5.32 Å². The van der Waals surface area contributed by atoms with Crippen LogP contribution in [0.4, 0.5) is 4.79 Å². The Morgan fingerprint density at radius 1 is 1.53 bits per heavy atom. The second-order valence-electron chi connectivity index (χ2n) is 4.50. The van der Waals surface area contributed by atoms with Crippen molar-refractivity contribution in [2.45, 2.75) is 39.3 Å². The highest BCUT2D eigenvalue weighted by atomic mass is 16.4. The molecule has 1 heterocycles. The molecule has 0 spiro atoms. The van der Waals surface area contributed by atoms with Crippen LogP contribution in [0.1, 0.15) is 26.5 Å². The van der Waals surface area contributed by atoms with Crippen LogP contribution in [0.15, 0.2) is 12.5 Å². The van der Waals surface area contributed by atoms with Gasteiger partial charge in [-0.25, -0.2) is 14.6 Å². The van der Waals surface area contributed by atoms with Crippen molar-refractivity contribution in [3.63, 3.8) is 0 Å². The minimum absolute atomic E-state index is 0.0200. The maximum absolute atomic E-state index is 12.0. The molecule has 0 unspecified atom stereocenters. The number of amides is 2. The van der Waals surface area contributed by atoms with Crippen LogP contribution >= 0.6 is 0 Å². The largest absolute Gasteiger partial charge is 0.480 e. The number of aromatic amines is 1. The van der Waals surface area contributed by atoms with E-state index in [1.165, 1.54) is 6.33 Å². The number of aromatic nitrogens is 2. The number of carboxylic acid groups (broad SMARTS) is 1. The van der Waals surface area contributed by atoms with E-state index in [0.29, 0.717) is 12.2 Å². The first-order valence-corrected chi connectivity index (χ1v) is 6.22. The predicted octanol–water partition coefficient (Wildman–Crippen LogP) is 0.845. The van der Waals surface area contributed by atoms with Crippen LogP contribution in [-0.4, -0.2) is 50.6 Å². The molecule has 1 aromatic heterocycles. The highest BCUT2D eigenvalue weighted by molar-refractivity contribution is 5.82. The minimum Gasteiger partial charge on any atom is -0.480 e. The Balaban J connectivity index is 2.68. The summed E-state index contributed by atoms with van der Waals surface area (Å²) < 4.78 is 0. The maximum atomic E-state index is 12.0. The average molecular weight is 268 g/mol. The van der Waals surface area contributed by atoms with E-state index in [4.69, 9.17) is 5.11 Å². The number of imidazole rings is 1. The molecule has 0 bridgehead atoms. The van der Waals surface area contributed by atoms with Gasteiger partial charge in [-0.2, -0.15) is 0 Å². The van der Waals surface area contributed by atoms with Gasteiger partial charge in [0.2, 0.25) is 0 Å². The van der Waals surface area contributed by atoms with E-state index in [2.05, 4.69) is 15.3 Å². The second kappa shape index (κ2) is 6.77. The molecule has 7 nitrogen and oxygen atoms in total. The van der Waals surface area contributed by atoms with Gasteiger partial charge in [0.15, 0.2) is 0 Å². The summed E-state index contributed by atoms with van der Waals surface area (Å²) in [6, 6.07) is -1.32. The highest BCUT2D eigenvalue weighted by Gasteiger charge is 2.24. The van der Waals surface area contributed by atoms with Crippen molar-refractivity contribution in [1.29, 1.82) is 0 Å². The number of nitrogens with zero attached hydrogens (tertiary/aromatic N) is 2. The third kappa shape index (κ3) is 4.27. The lowest BCUT2D eigenvalue weighted by Gasteiger charge is -2.27. The van der Waals surface area contributed by atoms with E-state index >= 15 is 0 Å². The molecule has 0 fully saturated rings. The van der Waals surface area contributed by atoms with E-state index in [9.17, 15) is 9.59 Å². The third-order valence-electron chi connectivity index (χ3n) is 2.80. The Morgan fingerprint density at radius 2 is 2.21 bits per heavy atom. The molecule has 1 rings (SSSR count). The van der Waals surface area contributed by atoms with Crippen LogP contribution in [0.5, 0.6) is 0 Å². The summed E-state index contributed by atoms with van der Waals surface area (Å²) in [4.78, 5) is 31.4. The zero-order valence-electron chi connectivity index (χ0n) is 11.4. The molecule has 0 aliphatic heterocycles. The van der Waals surface area contributed by atoms with Crippen LogP contribution in [0.25, 0.3) is 0 Å². The first kappa shape index (κ1) is 15.0. The molecule has 2 amide bonds. The smallest absolute Gasteiger partial charge is 0.326 e. The summed E-state index contributed by atoms with van der Waals surface area (Å²) in [5, 5.41) is 11.7. The molecule has 7 heteroatoms. The fourth-order valence-electron chi connectivity index (χ4n) is 1.79. The average Bonchev–Trinajstić information content (AvgIpc) is 2.81. The number of aliphatic carboxylic acids is 1. The number of urea groups is 1. The van der Waals surface area contributed by atoms with Gasteiger partial charge in [0.05, 0.1) is 6.33 Å². The lowest BCUT2D eigenvalue weighted by Crippen LogP contribution is -2.50. The van der Waals surface area contributed by atoms with Gasteiger partial charge >= 0.3 is 12.0 Å². The Labute approximate surface area is 112 Å². The Morgan fingerprint density at radius 3 is 2.63 bits per heavy atom. The maximum Gasteiger partial charge on any atom is 0.326 e. The van der Waals surface area contributed by atoms with Gasteiger partial charge < -0.3 is 20.3 Å². The molecule has 0 aromatic carbocycles. The third-order valence-corrected chi connectivity index (χ3v) is 2.80. The molecule has 1 atom stereocenters. The van der Waals surface area contributed by atoms with Crippen molar-refractivity contribution < 1.29 is 14.7 Å². The standard InChI is InChI=1S/C12H20N4O3/c1-4-16(8(2)3)12(19)15-10(11(17)18)5-9-6-13-7-14-9/h6-8,10H,4-5H2,1-3H3,(H,13,14)(H,15,19)(H,17,18)/t10-/m1/s1. The van der Waals surface area contributed by atoms with Crippen molar-refractivity contribution in [2.75, 3.05) is 6.54 Å². The highest BCUT2D eigenvalue weighted by Crippen LogP contribution is 2.03. The molecular weight excluding hydrogens is 248 g/mol. The molecular formula is C12H20N4O3. The first-order valence-electron chi connectivity index (χ1n) is 6.22. The second-order valence-corrected chi connectivity index (χ2v) is 4.50. The number of carboxylic acids is 1. The summed E-state index contributed by atoms with van der Waals surface area (Å²) in [7, 11) is 0. The van der Waals surface area contributed by atoms with Crippen LogP contribution in [0, 0.1) is 0 Å². The quantitative estimate of drug-likeness (QED) is 0.712. The van der Waals surface area contributed by atoms with Crippen LogP contribution in [-0.2, 0) is 11.2 Å². The summed E-state index contributed by atoms with van der Waals surface area (Å²) in [5.41, 5.74) is 0.667. The molecule has 0 saturated heterocycles. The molecule has 0 aliphatic rings. The number of rotatable bonds is 6. The Kier molecular flexibility index (Phi) is 5.35. The van der Waals surface area contributed by atoms with E-state index < -0.39 is 12.0 Å². The van der Waals surface area contributed by atoms with Gasteiger partial charge in [0.1, 0.15) is 6.04 Å². The summed E-state index contributed by atoms with van der Waals surface area (Å²) in [5.74, 6) is -1.07. The van der Waals surface area contributed by atoms with E-state index in [1.807, 2.05) is 20.8 Å². The SMILES string of the molecule is CCN(C(=O)N[C@H](Cc1cnc[nH]1)C(=O)O)C(C)C. The topological polar surface area (TPSA) is 98.3 Å². The van der Waals surface area contributed by atoms with Gasteiger partial charge in [0.25, 0.3) is 0 Å². The minimum atomic E-state index is -1.07. The summed E-state index contributed by atoms with van der Waals surface area (Å²) in [6.07, 6.45) is 3.20. The molecule has 3 N–H and O–H groups in total. The Bertz CT molecular complexity index is 417. The van der Waals surface area contributed by atoms with Crippen LogP contribution in [0.3, 0.4) is 0 Å². The Hall–Kier alpha value is -2.05. The van der Waals surface area contributed by atoms with Crippen molar-refractivity contribution in [3.05, 3.63) is 18.2 Å². The van der Waals surface area contributed by atoms with E-state index in [1.54, 1.807) is 11.1 Å². The summed E-state index contributed by atoms with van der Waals surface area (Å²) in [6.45, 7) is 6.14. The van der Waals surface area contributed by atoms with Crippen LogP contribution in [0.2, 0.25) is 0 Å². The van der Waals surface area contributed by atoms with Gasteiger partial charge in [-0.1, -0.05) is 0 Å². The van der Waals surface area contributed by atoms with Gasteiger partial charge in [-0.15, -0.1) is 0 Å². The predicted molar refractivity (Wildman–Crippen MR) is 69.8 cm³/mol. The number of carbonyl (C=O) groups excluding carboxylic acids is 1. The van der Waals surface area contributed by atoms with Gasteiger partial charge in [-0.05, 0) is 20.8 Å². The van der Waals surface area contributed by atoms with Crippen molar-refractivity contribution >= 4 is 12.0 Å². The van der Waals surface area contributed by atoms with Gasteiger partial charge in [-0.3, -0.25) is 0 Å². The lowest BCUT2D eigenvalue weighted by molar-refractivity contribution is -0.139. The van der Waals surface area contributed by atoms with E-state index in [0.717, 1.165) is 0 Å². The fraction of sp³-hybridized carbons (Fsp3) is 0.583. The zero-order chi connectivity index (χ0) is 14.4. The van der Waals surface area contributed by atoms with Crippen molar-refractivity contribution in [3.8, 4) is 0 Å². The number of nitrogens with one attached hydrogen (secondary N) is 2. The number of carbonyl (C=O) groups is 2. The monoisotopic (exact) mass is 268 g/mol. The lowest BCUT2D eigenvalue weighted by atomic mass is 10.1. The molecule has 106 valence electrons. The van der Waals surface area contributed by atoms with Gasteiger partial charge in [0, 0.05) is 30.9 Å². The normalized spacial score (nSPS) is 12.2. The first-order chi connectivity index (χ1) is 8.95. The fourth-order valence-corrected chi connectivity index (χ4v) is 1.79. The van der Waals surface area contributed by atoms with Crippen molar-refractivity contribution in [2.24, 2.45) is 0 Å². The van der Waals surface area contributed by atoms with E-state index in [-0.39, 0.29) is 18.5 Å². The molecule has 0 aliphatic carbocycles. The summed E-state index contributed by atoms with van der Waals surface area (Å²) >= 11 is 0. The van der Waals surface area contributed by atoms with Crippen molar-refractivity contribution in [1.82, 2.24) is 20.2 Å². The zero-order valence-corrected chi connectivity index (χ0v) is 11.4. The molecule has 0 saturated carbocycles.